The predicted octanol–water partition coefficient (Wildman–Crippen LogP) is 3.84. The minimum atomic E-state index is -0.187. The zero-order valence-electron chi connectivity index (χ0n) is 16.1. The average Bonchev–Trinajstić information content (AvgIpc) is 2.64. The van der Waals surface area contributed by atoms with Gasteiger partial charge in [-0.25, -0.2) is 9.97 Å². The van der Waals surface area contributed by atoms with Crippen molar-refractivity contribution in [3.63, 3.8) is 0 Å². The highest BCUT2D eigenvalue weighted by Crippen LogP contribution is 2.20. The van der Waals surface area contributed by atoms with Crippen LogP contribution in [0.15, 0.2) is 36.7 Å². The summed E-state index contributed by atoms with van der Waals surface area (Å²) in [6, 6.07) is 8.20. The first-order valence-corrected chi connectivity index (χ1v) is 9.25. The molecule has 0 aliphatic rings. The van der Waals surface area contributed by atoms with Gasteiger partial charge in [-0.05, 0) is 50.5 Å². The zero-order chi connectivity index (χ0) is 18.9. The normalized spacial score (nSPS) is 10.7. The summed E-state index contributed by atoms with van der Waals surface area (Å²) in [6.45, 7) is 11.2. The molecule has 0 saturated heterocycles. The van der Waals surface area contributed by atoms with Crippen molar-refractivity contribution >= 4 is 23.1 Å². The van der Waals surface area contributed by atoms with Crippen molar-refractivity contribution in [2.24, 2.45) is 5.92 Å². The molecule has 6 heteroatoms. The molecule has 0 bridgehead atoms. The van der Waals surface area contributed by atoms with Crippen LogP contribution in [-0.2, 0) is 0 Å². The fourth-order valence-electron chi connectivity index (χ4n) is 2.57. The number of rotatable bonds is 9. The van der Waals surface area contributed by atoms with Crippen LogP contribution in [0.4, 0.5) is 17.2 Å². The number of benzene rings is 1. The Labute approximate surface area is 156 Å². The Morgan fingerprint density at radius 1 is 1.08 bits per heavy atom. The molecule has 0 spiro atoms. The molecule has 26 heavy (non-hydrogen) atoms. The standard InChI is InChI=1S/C20H29N5O/c1-5-25(6-2)17-9-7-16(8-10-17)24-19-14-22-18(13-23-19)20(26)21-12-11-15(3)4/h7-10,13-15H,5-6,11-12H2,1-4H3,(H,21,26)(H,23,24). The number of carbonyl (C=O) groups is 1. The molecule has 2 N–H and O–H groups in total. The Bertz CT molecular complexity index is 678. The Hall–Kier alpha value is -2.63. The van der Waals surface area contributed by atoms with E-state index in [2.05, 4.69) is 65.3 Å². The molecule has 1 aromatic heterocycles. The summed E-state index contributed by atoms with van der Waals surface area (Å²) in [5.41, 5.74) is 2.46. The molecule has 6 nitrogen and oxygen atoms in total. The lowest BCUT2D eigenvalue weighted by atomic mass is 10.1. The van der Waals surface area contributed by atoms with Crippen LogP contribution in [0.3, 0.4) is 0 Å². The van der Waals surface area contributed by atoms with E-state index >= 15 is 0 Å². The minimum Gasteiger partial charge on any atom is -0.372 e. The van der Waals surface area contributed by atoms with Crippen molar-refractivity contribution in [3.05, 3.63) is 42.4 Å². The molecule has 0 fully saturated rings. The Morgan fingerprint density at radius 3 is 2.31 bits per heavy atom. The van der Waals surface area contributed by atoms with E-state index in [1.807, 2.05) is 12.1 Å². The topological polar surface area (TPSA) is 70.2 Å². The lowest BCUT2D eigenvalue weighted by Gasteiger charge is -2.21. The lowest BCUT2D eigenvalue weighted by Crippen LogP contribution is -2.26. The summed E-state index contributed by atoms with van der Waals surface area (Å²) in [5, 5.41) is 6.07. The van der Waals surface area contributed by atoms with Crippen LogP contribution >= 0.6 is 0 Å². The molecule has 2 rings (SSSR count). The average molecular weight is 355 g/mol. The van der Waals surface area contributed by atoms with Crippen molar-refractivity contribution in [1.29, 1.82) is 0 Å². The summed E-state index contributed by atoms with van der Waals surface area (Å²) in [5.74, 6) is 0.980. The second-order valence-electron chi connectivity index (χ2n) is 6.57. The predicted molar refractivity (Wildman–Crippen MR) is 107 cm³/mol. The number of aromatic nitrogens is 2. The van der Waals surface area contributed by atoms with Crippen LogP contribution in [0.1, 0.15) is 44.6 Å². The smallest absolute Gasteiger partial charge is 0.271 e. The Balaban J connectivity index is 1.93. The van der Waals surface area contributed by atoms with Crippen molar-refractivity contribution in [2.75, 3.05) is 29.9 Å². The van der Waals surface area contributed by atoms with Crippen molar-refractivity contribution in [2.45, 2.75) is 34.1 Å². The van der Waals surface area contributed by atoms with E-state index in [1.165, 1.54) is 11.9 Å². The van der Waals surface area contributed by atoms with Crippen LogP contribution in [0.5, 0.6) is 0 Å². The van der Waals surface area contributed by atoms with Crippen LogP contribution < -0.4 is 15.5 Å². The maximum absolute atomic E-state index is 12.0. The fraction of sp³-hybridized carbons (Fsp3) is 0.450. The van der Waals surface area contributed by atoms with Crippen LogP contribution in [0, 0.1) is 5.92 Å². The molecule has 140 valence electrons. The molecular weight excluding hydrogens is 326 g/mol. The van der Waals surface area contributed by atoms with Gasteiger partial charge in [0, 0.05) is 31.0 Å². The van der Waals surface area contributed by atoms with Gasteiger partial charge in [0.15, 0.2) is 0 Å². The summed E-state index contributed by atoms with van der Waals surface area (Å²) >= 11 is 0. The van der Waals surface area contributed by atoms with Gasteiger partial charge in [-0.3, -0.25) is 4.79 Å². The second-order valence-corrected chi connectivity index (χ2v) is 6.57. The molecule has 1 aromatic carbocycles. The van der Waals surface area contributed by atoms with Gasteiger partial charge in [-0.2, -0.15) is 0 Å². The van der Waals surface area contributed by atoms with E-state index in [0.717, 1.165) is 25.2 Å². The van der Waals surface area contributed by atoms with Crippen LogP contribution in [-0.4, -0.2) is 35.5 Å². The van der Waals surface area contributed by atoms with Gasteiger partial charge in [0.05, 0.1) is 12.4 Å². The molecule has 0 aliphatic heterocycles. The van der Waals surface area contributed by atoms with E-state index in [9.17, 15) is 4.79 Å². The lowest BCUT2D eigenvalue weighted by molar-refractivity contribution is 0.0946. The van der Waals surface area contributed by atoms with Gasteiger partial charge in [-0.1, -0.05) is 13.8 Å². The highest BCUT2D eigenvalue weighted by Gasteiger charge is 2.08. The Morgan fingerprint density at radius 2 is 1.77 bits per heavy atom. The van der Waals surface area contributed by atoms with Gasteiger partial charge >= 0.3 is 0 Å². The number of carbonyl (C=O) groups excluding carboxylic acids is 1. The number of anilines is 3. The first kappa shape index (κ1) is 19.7. The molecule has 0 radical (unpaired) electrons. The largest absolute Gasteiger partial charge is 0.372 e. The first-order chi connectivity index (χ1) is 12.5. The van der Waals surface area contributed by atoms with E-state index in [1.54, 1.807) is 6.20 Å². The SMILES string of the molecule is CCN(CC)c1ccc(Nc2cnc(C(=O)NCCC(C)C)cn2)cc1. The van der Waals surface area contributed by atoms with E-state index < -0.39 is 0 Å². The molecule has 0 unspecified atom stereocenters. The number of nitrogens with zero attached hydrogens (tertiary/aromatic N) is 3. The Kier molecular flexibility index (Phi) is 7.38. The quantitative estimate of drug-likeness (QED) is 0.715. The number of amides is 1. The first-order valence-electron chi connectivity index (χ1n) is 9.25. The van der Waals surface area contributed by atoms with Crippen LogP contribution in [0.2, 0.25) is 0 Å². The molecule has 1 heterocycles. The number of hydrogen-bond acceptors (Lipinski definition) is 5. The monoisotopic (exact) mass is 355 g/mol. The third-order valence-corrected chi connectivity index (χ3v) is 4.16. The van der Waals surface area contributed by atoms with Gasteiger partial charge in [0.1, 0.15) is 11.5 Å². The number of nitrogens with one attached hydrogen (secondary N) is 2. The van der Waals surface area contributed by atoms with Gasteiger partial charge < -0.3 is 15.5 Å². The minimum absolute atomic E-state index is 0.187. The molecule has 0 atom stereocenters. The summed E-state index contributed by atoms with van der Waals surface area (Å²) in [4.78, 5) is 22.8. The zero-order valence-corrected chi connectivity index (χ0v) is 16.1. The maximum Gasteiger partial charge on any atom is 0.271 e. The summed E-state index contributed by atoms with van der Waals surface area (Å²) < 4.78 is 0. The summed E-state index contributed by atoms with van der Waals surface area (Å²) in [7, 11) is 0. The van der Waals surface area contributed by atoms with Gasteiger partial charge in [-0.15, -0.1) is 0 Å². The van der Waals surface area contributed by atoms with Crippen molar-refractivity contribution in [3.8, 4) is 0 Å². The third kappa shape index (κ3) is 5.72. The molecule has 1 amide bonds. The number of hydrogen-bond donors (Lipinski definition) is 2. The third-order valence-electron chi connectivity index (χ3n) is 4.16. The van der Waals surface area contributed by atoms with E-state index in [-0.39, 0.29) is 5.91 Å². The van der Waals surface area contributed by atoms with Crippen LogP contribution in [0.25, 0.3) is 0 Å². The van der Waals surface area contributed by atoms with Crippen molar-refractivity contribution in [1.82, 2.24) is 15.3 Å². The summed E-state index contributed by atoms with van der Waals surface area (Å²) in [6.07, 6.45) is 4.02. The molecule has 0 aliphatic carbocycles. The molecule has 2 aromatic rings. The van der Waals surface area contributed by atoms with Crippen molar-refractivity contribution < 1.29 is 4.79 Å². The molecular formula is C20H29N5O. The highest BCUT2D eigenvalue weighted by molar-refractivity contribution is 5.92. The fourth-order valence-corrected chi connectivity index (χ4v) is 2.57. The molecule has 0 saturated carbocycles. The van der Waals surface area contributed by atoms with E-state index in [0.29, 0.717) is 24.0 Å². The van der Waals surface area contributed by atoms with Gasteiger partial charge in [0.2, 0.25) is 0 Å². The highest BCUT2D eigenvalue weighted by atomic mass is 16.1. The maximum atomic E-state index is 12.0. The second kappa shape index (κ2) is 9.75. The van der Waals surface area contributed by atoms with Gasteiger partial charge in [0.25, 0.3) is 5.91 Å². The van der Waals surface area contributed by atoms with E-state index in [4.69, 9.17) is 0 Å².